The number of hydrogen-bond acceptors (Lipinski definition) is 8. The highest BCUT2D eigenvalue weighted by molar-refractivity contribution is 6.14. The Balaban J connectivity index is 0.0000000962. The number of fused-ring (bicyclic) bond motifs is 18. The lowest BCUT2D eigenvalue weighted by Gasteiger charge is -2.09. The third kappa shape index (κ3) is 12.5. The van der Waals surface area contributed by atoms with E-state index in [9.17, 15) is 0 Å². The molecule has 25 aromatic rings. The van der Waals surface area contributed by atoms with Crippen LogP contribution in [0.3, 0.4) is 0 Å². The Morgan fingerprint density at radius 3 is 1.04 bits per heavy atom. The van der Waals surface area contributed by atoms with Crippen molar-refractivity contribution in [1.29, 1.82) is 0 Å². The van der Waals surface area contributed by atoms with Gasteiger partial charge >= 0.3 is 0 Å². The highest BCUT2D eigenvalue weighted by atomic mass is 15.1. The summed E-state index contributed by atoms with van der Waals surface area (Å²) in [6.07, 6.45) is 11.1. The molecule has 0 spiro atoms. The van der Waals surface area contributed by atoms with E-state index in [0.29, 0.717) is 0 Å². The van der Waals surface area contributed by atoms with Crippen LogP contribution in [-0.4, -0.2) is 58.1 Å². The van der Waals surface area contributed by atoms with E-state index in [1.54, 1.807) is 0 Å². The molecular formula is C108H70N12. The highest BCUT2D eigenvalue weighted by Gasteiger charge is 2.21. The fourth-order valence-electron chi connectivity index (χ4n) is 17.3. The van der Waals surface area contributed by atoms with Crippen LogP contribution in [0.25, 0.3) is 210 Å². The van der Waals surface area contributed by atoms with Crippen LogP contribution in [0.15, 0.2) is 425 Å². The number of nitrogens with zero attached hydrogens (tertiary/aromatic N) is 12. The van der Waals surface area contributed by atoms with Crippen LogP contribution >= 0.6 is 0 Å². The summed E-state index contributed by atoms with van der Waals surface area (Å²) in [4.78, 5) is 38.0. The van der Waals surface area contributed by atoms with E-state index in [1.807, 2.05) is 104 Å². The molecule has 0 aliphatic rings. The van der Waals surface area contributed by atoms with Gasteiger partial charge in [-0.1, -0.05) is 212 Å². The van der Waals surface area contributed by atoms with Crippen molar-refractivity contribution < 1.29 is 0 Å². The Kier molecular flexibility index (Phi) is 17.6. The number of benzene rings is 13. The Morgan fingerprint density at radius 2 is 0.533 bits per heavy atom. The number of rotatable bonds is 8. The first-order valence-corrected chi connectivity index (χ1v) is 40.2. The molecule has 12 heteroatoms. The lowest BCUT2D eigenvalue weighted by atomic mass is 9.97. The topological polar surface area (TPSA) is 123 Å². The summed E-state index contributed by atoms with van der Waals surface area (Å²) < 4.78 is 8.92. The molecule has 0 unspecified atom stereocenters. The normalized spacial score (nSPS) is 11.5. The van der Waals surface area contributed by atoms with Crippen molar-refractivity contribution in [3.05, 3.63) is 425 Å². The molecule has 0 radical (unpaired) electrons. The van der Waals surface area contributed by atoms with Crippen molar-refractivity contribution in [3.63, 3.8) is 0 Å². The van der Waals surface area contributed by atoms with Gasteiger partial charge < -0.3 is 0 Å². The number of aromatic nitrogens is 12. The summed E-state index contributed by atoms with van der Waals surface area (Å²) in [5.74, 6) is 0. The summed E-state index contributed by atoms with van der Waals surface area (Å²) in [6, 6.07) is 135. The van der Waals surface area contributed by atoms with Gasteiger partial charge in [0.2, 0.25) is 0 Å². The molecule has 25 rings (SSSR count). The predicted octanol–water partition coefficient (Wildman–Crippen LogP) is 26.7. The van der Waals surface area contributed by atoms with Crippen molar-refractivity contribution in [3.8, 4) is 67.6 Å². The van der Waals surface area contributed by atoms with Gasteiger partial charge in [-0.2, -0.15) is 0 Å². The van der Waals surface area contributed by atoms with E-state index in [2.05, 4.69) is 350 Å². The molecule has 0 saturated heterocycles. The zero-order chi connectivity index (χ0) is 79.4. The number of pyridine rings is 8. The molecule has 12 aromatic heterocycles. The van der Waals surface area contributed by atoms with Crippen LogP contribution in [0.2, 0.25) is 0 Å². The van der Waals surface area contributed by atoms with E-state index in [4.69, 9.17) is 29.9 Å². The molecule has 0 bridgehead atoms. The molecule has 0 aliphatic heterocycles. The summed E-state index contributed by atoms with van der Waals surface area (Å²) in [5, 5.41) is 17.6. The molecule has 0 N–H and O–H groups in total. The maximum absolute atomic E-state index is 5.04. The minimum absolute atomic E-state index is 0.930. The molecule has 562 valence electrons. The second-order valence-electron chi connectivity index (χ2n) is 29.8. The first-order valence-electron chi connectivity index (χ1n) is 40.2. The third-order valence-electron chi connectivity index (χ3n) is 22.8. The van der Waals surface area contributed by atoms with Crippen LogP contribution in [0.4, 0.5) is 0 Å². The fraction of sp³-hybridized carbons (Fsp3) is 0. The molecule has 0 fully saturated rings. The van der Waals surface area contributed by atoms with Gasteiger partial charge in [0.05, 0.1) is 55.7 Å². The SMILES string of the molecule is c1ccc(-n2c3ccc(-c4ccc5ccc6cccnc6c5n4)cc3c3cccnc32)cc1.c1ccc(-n2c3ccc(-c4ccc5ccccc5n4)cc3c3cccnc32)cc1.c1ccc(-n2c3ccc(-c4cccc5ccccc45)cc3c3cccnc32)cc1.c1ccc(-n2c3ccc(-c4nccc5ccccc45)cc3c3cccnc32)cc1. The van der Waals surface area contributed by atoms with E-state index in [0.717, 1.165) is 150 Å². The van der Waals surface area contributed by atoms with Crippen molar-refractivity contribution in [2.45, 2.75) is 0 Å². The van der Waals surface area contributed by atoms with Crippen molar-refractivity contribution in [2.24, 2.45) is 0 Å². The minimum Gasteiger partial charge on any atom is -0.294 e. The van der Waals surface area contributed by atoms with Crippen LogP contribution in [0, 0.1) is 0 Å². The molecule has 0 amide bonds. The molecule has 0 atom stereocenters. The predicted molar refractivity (Wildman–Crippen MR) is 495 cm³/mol. The van der Waals surface area contributed by atoms with Gasteiger partial charge in [0.25, 0.3) is 0 Å². The zero-order valence-electron chi connectivity index (χ0n) is 64.8. The smallest absolute Gasteiger partial charge is 0.145 e. The average molecular weight is 1540 g/mol. The fourth-order valence-corrected chi connectivity index (χ4v) is 17.3. The maximum Gasteiger partial charge on any atom is 0.145 e. The van der Waals surface area contributed by atoms with Crippen molar-refractivity contribution >= 4 is 142 Å². The van der Waals surface area contributed by atoms with E-state index in [-0.39, 0.29) is 0 Å². The summed E-state index contributed by atoms with van der Waals surface area (Å²) in [5.41, 5.74) is 24.5. The Morgan fingerprint density at radius 1 is 0.183 bits per heavy atom. The summed E-state index contributed by atoms with van der Waals surface area (Å²) >= 11 is 0. The van der Waals surface area contributed by atoms with Crippen LogP contribution < -0.4 is 0 Å². The van der Waals surface area contributed by atoms with Crippen molar-refractivity contribution in [2.75, 3.05) is 0 Å². The molecule has 12 heterocycles. The van der Waals surface area contributed by atoms with Gasteiger partial charge in [-0.25, -0.2) is 29.9 Å². The number of para-hydroxylation sites is 5. The monoisotopic (exact) mass is 1530 g/mol. The van der Waals surface area contributed by atoms with Gasteiger partial charge in [-0.15, -0.1) is 0 Å². The third-order valence-corrected chi connectivity index (χ3v) is 22.8. The van der Waals surface area contributed by atoms with Crippen LogP contribution in [0.5, 0.6) is 0 Å². The Bertz CT molecular complexity index is 7990. The quantitative estimate of drug-likeness (QED) is 0.138. The Labute approximate surface area is 688 Å². The van der Waals surface area contributed by atoms with E-state index in [1.165, 1.54) is 59.7 Å². The minimum atomic E-state index is 0.930. The molecule has 0 aliphatic carbocycles. The highest BCUT2D eigenvalue weighted by Crippen LogP contribution is 2.41. The van der Waals surface area contributed by atoms with Gasteiger partial charge in [0, 0.05) is 141 Å². The van der Waals surface area contributed by atoms with Crippen LogP contribution in [0.1, 0.15) is 0 Å². The van der Waals surface area contributed by atoms with Crippen molar-refractivity contribution in [1.82, 2.24) is 58.1 Å². The van der Waals surface area contributed by atoms with Gasteiger partial charge in [-0.3, -0.25) is 28.2 Å². The Hall–Kier alpha value is -16.4. The van der Waals surface area contributed by atoms with E-state index >= 15 is 0 Å². The second-order valence-corrected chi connectivity index (χ2v) is 29.8. The number of hydrogen-bond donors (Lipinski definition) is 0. The maximum atomic E-state index is 5.04. The van der Waals surface area contributed by atoms with Gasteiger partial charge in [-0.05, 0) is 203 Å². The summed E-state index contributed by atoms with van der Waals surface area (Å²) in [7, 11) is 0. The van der Waals surface area contributed by atoms with Crippen LogP contribution in [-0.2, 0) is 0 Å². The standard InChI is InChI=1S/C29H18N4.C27H18N2.2C26H17N3/c1-2-7-22(8-3-1)33-26-15-13-21(18-24(26)23-9-5-17-31-29(23)33)25-14-12-20-11-10-19-6-4-16-30-27(19)28(20)32-25;1-2-10-21(11-3-1)29-26-16-15-20(18-25(26)24-14-7-17-28-27(24)29)23-13-6-9-19-8-4-5-12-22(19)23;1-2-8-20(9-3-1)29-25-15-13-19(17-22(25)21-10-6-16-27-26(21)29)24-14-12-18-7-4-5-11-23(18)28-24;1-2-8-20(9-3-1)29-24-13-12-19(17-23(24)22-11-6-15-28-26(22)29)25-21-10-5-4-7-18(21)14-16-27-25/h1-18H;1-18H;2*1-17H. The molecule has 0 saturated carbocycles. The molecule has 120 heavy (non-hydrogen) atoms. The summed E-state index contributed by atoms with van der Waals surface area (Å²) in [6.45, 7) is 0. The molecular weight excluding hydrogens is 1470 g/mol. The lowest BCUT2D eigenvalue weighted by Crippen LogP contribution is -1.94. The van der Waals surface area contributed by atoms with Gasteiger partial charge in [0.1, 0.15) is 22.6 Å². The second kappa shape index (κ2) is 30.1. The molecule has 12 nitrogen and oxygen atoms in total. The van der Waals surface area contributed by atoms with Gasteiger partial charge in [0.15, 0.2) is 0 Å². The zero-order valence-corrected chi connectivity index (χ0v) is 64.8. The van der Waals surface area contributed by atoms with E-state index < -0.39 is 0 Å². The largest absolute Gasteiger partial charge is 0.294 e. The molecule has 13 aromatic carbocycles. The lowest BCUT2D eigenvalue weighted by molar-refractivity contribution is 1.14. The first-order chi connectivity index (χ1) is 59.5. The average Bonchev–Trinajstić information content (AvgIpc) is 1.59. The first kappa shape index (κ1) is 70.2.